The third-order valence-electron chi connectivity index (χ3n) is 19.0. The van der Waals surface area contributed by atoms with Gasteiger partial charge in [-0.05, 0) is 114 Å². The van der Waals surface area contributed by atoms with Gasteiger partial charge in [-0.25, -0.2) is 0 Å². The first kappa shape index (κ1) is 60.4. The lowest BCUT2D eigenvalue weighted by Crippen LogP contribution is -2.68. The van der Waals surface area contributed by atoms with E-state index in [1.165, 1.54) is 6.92 Å². The van der Waals surface area contributed by atoms with E-state index >= 15 is 0 Å². The van der Waals surface area contributed by atoms with Crippen molar-refractivity contribution in [2.75, 3.05) is 19.8 Å². The molecular formula is C52H83N3O21S. The van der Waals surface area contributed by atoms with E-state index < -0.39 is 176 Å². The van der Waals surface area contributed by atoms with Crippen molar-refractivity contribution in [1.82, 2.24) is 16.0 Å². The van der Waals surface area contributed by atoms with Gasteiger partial charge in [0.1, 0.15) is 85.3 Å². The van der Waals surface area contributed by atoms with Crippen LogP contribution < -0.4 is 16.0 Å². The van der Waals surface area contributed by atoms with Crippen LogP contribution in [-0.2, 0) is 47.6 Å². The van der Waals surface area contributed by atoms with Crippen molar-refractivity contribution in [3.05, 3.63) is 12.2 Å². The predicted molar refractivity (Wildman–Crippen MR) is 269 cm³/mol. The maximum Gasteiger partial charge on any atom is 0.305 e. The number of carbonyl (C=O) groups excluding carboxylic acids is 3. The molecule has 0 aromatic carbocycles. The predicted octanol–water partition coefficient (Wildman–Crippen LogP) is -2.20. The average molecular weight is 1120 g/mol. The van der Waals surface area contributed by atoms with Crippen LogP contribution in [0.15, 0.2) is 12.2 Å². The van der Waals surface area contributed by atoms with Gasteiger partial charge in [0.15, 0.2) is 18.9 Å². The maximum atomic E-state index is 14.8. The Bertz CT molecular complexity index is 2190. The Morgan fingerprint density at radius 1 is 0.675 bits per heavy atom. The fourth-order valence-electron chi connectivity index (χ4n) is 15.4. The molecule has 23 atom stereocenters. The molecule has 4 saturated heterocycles. The summed E-state index contributed by atoms with van der Waals surface area (Å²) in [6, 6.07) is -2.69. The molecular weight excluding hydrogens is 1030 g/mol. The third-order valence-corrected chi connectivity index (χ3v) is 20.5. The molecule has 8 rings (SSSR count). The van der Waals surface area contributed by atoms with Crippen molar-refractivity contribution < 1.29 is 104 Å². The number of amides is 3. The maximum absolute atomic E-state index is 14.8. The second-order valence-corrected chi connectivity index (χ2v) is 27.1. The van der Waals surface area contributed by atoms with E-state index in [1.54, 1.807) is 11.8 Å². The number of aliphatic hydroxyl groups is 10. The van der Waals surface area contributed by atoms with Crippen LogP contribution in [0.4, 0.5) is 0 Å². The molecule has 4 aliphatic carbocycles. The van der Waals surface area contributed by atoms with Gasteiger partial charge in [0, 0.05) is 14.9 Å². The third kappa shape index (κ3) is 10.9. The second kappa shape index (κ2) is 22.2. The highest BCUT2D eigenvalue weighted by Crippen LogP contribution is 2.73. The summed E-state index contributed by atoms with van der Waals surface area (Å²) in [7, 11) is 0. The summed E-state index contributed by atoms with van der Waals surface area (Å²) in [5.41, 5.74) is -2.40. The topological polar surface area (TPSA) is 382 Å². The minimum Gasteiger partial charge on any atom is -0.481 e. The number of nitrogens with one attached hydrogen (secondary N) is 3. The Kier molecular flexibility index (Phi) is 17.5. The van der Waals surface area contributed by atoms with Crippen molar-refractivity contribution >= 4 is 35.5 Å². The molecule has 24 nitrogen and oxygen atoms in total. The summed E-state index contributed by atoms with van der Waals surface area (Å²) in [4.78, 5) is 54.2. The number of carbonyl (C=O) groups is 4. The molecule has 0 aromatic heterocycles. The number of fused-ring (bicyclic) bond motifs is 3. The van der Waals surface area contributed by atoms with E-state index in [2.05, 4.69) is 29.5 Å². The molecule has 1 spiro atoms. The molecule has 25 heteroatoms. The van der Waals surface area contributed by atoms with Gasteiger partial charge in [-0.1, -0.05) is 26.8 Å². The van der Waals surface area contributed by atoms with E-state index in [1.807, 2.05) is 34.6 Å². The first-order valence-electron chi connectivity index (χ1n) is 27.0. The molecule has 4 heterocycles. The van der Waals surface area contributed by atoms with Gasteiger partial charge in [-0.3, -0.25) is 19.2 Å². The monoisotopic (exact) mass is 1120 g/mol. The average Bonchev–Trinajstić information content (AvgIpc) is 3.88. The van der Waals surface area contributed by atoms with E-state index in [-0.39, 0.29) is 27.4 Å². The molecule has 2 bridgehead atoms. The van der Waals surface area contributed by atoms with Crippen LogP contribution in [0.2, 0.25) is 0 Å². The SMILES string of the molecule is C=C1C[C@@]23CC[C@H]4[C@@](C)(CCC[C@@]4(C)C(=O)NC(CC(=O)O)C(=O)N[C@H](C)C(=O)NC4C(C)(C)SC4(C)C)[C@@H]2CC[C@]1(O[C@@H]1O[C@H](CO)[C@@H](O)[C@H](O[C@@H]2O[C@H](CO)[C@@H](O)[C@H](O)[C@H]2O)[C@H]1O[C@@H]1O[C@H](CO)[C@@H](O)[C@H](O)[C@H]1O)C3. The van der Waals surface area contributed by atoms with Crippen LogP contribution in [-0.4, -0.2) is 225 Å². The largest absolute Gasteiger partial charge is 0.481 e. The molecule has 4 saturated carbocycles. The van der Waals surface area contributed by atoms with Crippen LogP contribution in [0.3, 0.4) is 0 Å². The normalized spacial score (nSPS) is 46.1. The smallest absolute Gasteiger partial charge is 0.305 e. The van der Waals surface area contributed by atoms with Gasteiger partial charge in [-0.15, -0.1) is 11.8 Å². The Morgan fingerprint density at radius 3 is 1.75 bits per heavy atom. The van der Waals surface area contributed by atoms with Crippen LogP contribution in [0.1, 0.15) is 113 Å². The van der Waals surface area contributed by atoms with Crippen molar-refractivity contribution in [1.29, 1.82) is 0 Å². The highest BCUT2D eigenvalue weighted by Gasteiger charge is 2.69. The molecule has 8 aliphatic rings. The Hall–Kier alpha value is -2.67. The van der Waals surface area contributed by atoms with Crippen LogP contribution in [0.5, 0.6) is 0 Å². The number of carboxylic acid groups (broad SMARTS) is 1. The number of hydrogen-bond acceptors (Lipinski definition) is 21. The lowest BCUT2D eigenvalue weighted by molar-refractivity contribution is -0.400. The minimum absolute atomic E-state index is 0.00127. The Labute approximate surface area is 451 Å². The molecule has 8 fully saturated rings. The number of aliphatic hydroxyl groups excluding tert-OH is 10. The quantitative estimate of drug-likeness (QED) is 0.0543. The zero-order valence-corrected chi connectivity index (χ0v) is 45.7. The zero-order chi connectivity index (χ0) is 56.7. The lowest BCUT2D eigenvalue weighted by Gasteiger charge is -2.64. The van der Waals surface area contributed by atoms with E-state index in [0.29, 0.717) is 56.9 Å². The summed E-state index contributed by atoms with van der Waals surface area (Å²) < 4.78 is 36.6. The van der Waals surface area contributed by atoms with Gasteiger partial charge in [0.2, 0.25) is 17.7 Å². The summed E-state index contributed by atoms with van der Waals surface area (Å²) in [6.45, 7) is 15.7. The molecule has 14 N–H and O–H groups in total. The van der Waals surface area contributed by atoms with Crippen LogP contribution in [0.25, 0.3) is 0 Å². The summed E-state index contributed by atoms with van der Waals surface area (Å²) in [5.74, 6) is -3.20. The fourth-order valence-corrected chi connectivity index (χ4v) is 17.5. The van der Waals surface area contributed by atoms with Gasteiger partial charge < -0.3 is 101 Å². The van der Waals surface area contributed by atoms with Crippen LogP contribution >= 0.6 is 11.8 Å². The van der Waals surface area contributed by atoms with Crippen molar-refractivity contribution in [3.63, 3.8) is 0 Å². The van der Waals surface area contributed by atoms with Crippen molar-refractivity contribution in [2.45, 2.75) is 238 Å². The number of ether oxygens (including phenoxy) is 6. The molecule has 0 aromatic rings. The van der Waals surface area contributed by atoms with E-state index in [4.69, 9.17) is 28.4 Å². The number of thioether (sulfide) groups is 1. The number of aliphatic carboxylic acids is 1. The summed E-state index contributed by atoms with van der Waals surface area (Å²) >= 11 is 1.73. The molecule has 1 unspecified atom stereocenters. The van der Waals surface area contributed by atoms with Crippen molar-refractivity contribution in [2.24, 2.45) is 28.1 Å². The highest BCUT2D eigenvalue weighted by molar-refractivity contribution is 8.03. The standard InChI is InChI=1S/C52H83N3O21S/c1-22-17-51-14-10-28-49(7,12-9-13-50(28,8)46(70)54-24(16-30(59)60)41(69)53-23(2)40(68)55-45-47(3,4)77-48(45,5)6)29(51)11-15-52(22,21-51)76-44-39(75-43-37(67)35(65)32(62)26(19-57)72-43)38(33(63)27(20-58)73-44)74-42-36(66)34(64)31(61)25(18-56)71-42/h23-29,31-39,42-45,56-58,61-67H,1,9-21H2,2-8H3,(H,53,69)(H,54,70)(H,55,68)(H,59,60)/t23-,24?,25-,26-,27-,28+,29+,31-,32-,33-,34+,35+,36-,37-,38+,39-,42+,43+,44+,49-,50-,51-,52+/m1/s1. The number of hydrogen-bond donors (Lipinski definition) is 14. The van der Waals surface area contributed by atoms with Gasteiger partial charge in [0.25, 0.3) is 0 Å². The number of rotatable bonds is 17. The first-order valence-corrected chi connectivity index (χ1v) is 27.8. The van der Waals surface area contributed by atoms with Gasteiger partial charge in [0.05, 0.1) is 37.9 Å². The van der Waals surface area contributed by atoms with Gasteiger partial charge in [-0.2, -0.15) is 0 Å². The van der Waals surface area contributed by atoms with E-state index in [9.17, 15) is 75.3 Å². The molecule has 438 valence electrons. The molecule has 4 aliphatic heterocycles. The summed E-state index contributed by atoms with van der Waals surface area (Å²) in [5, 5.41) is 125. The molecule has 0 radical (unpaired) electrons. The fraction of sp³-hybridized carbons (Fsp3) is 0.885. The molecule has 3 amide bonds. The first-order chi connectivity index (χ1) is 35.9. The minimum atomic E-state index is -1.97. The Balaban J connectivity index is 1.02. The zero-order valence-electron chi connectivity index (χ0n) is 44.9. The highest BCUT2D eigenvalue weighted by atomic mass is 32.2. The number of carboxylic acids is 1. The molecule has 77 heavy (non-hydrogen) atoms. The second-order valence-electron chi connectivity index (χ2n) is 24.8. The Morgan fingerprint density at radius 2 is 1.21 bits per heavy atom. The summed E-state index contributed by atoms with van der Waals surface area (Å²) in [6.07, 6.45) is -22.1. The van der Waals surface area contributed by atoms with Gasteiger partial charge >= 0.3 is 5.97 Å². The van der Waals surface area contributed by atoms with E-state index in [0.717, 1.165) is 6.42 Å². The van der Waals surface area contributed by atoms with Crippen LogP contribution in [0, 0.1) is 28.1 Å². The lowest BCUT2D eigenvalue weighted by atomic mass is 9.40. The van der Waals surface area contributed by atoms with Crippen molar-refractivity contribution in [3.8, 4) is 0 Å².